The van der Waals surface area contributed by atoms with Crippen molar-refractivity contribution in [1.82, 2.24) is 4.98 Å². The molecule has 0 radical (unpaired) electrons. The van der Waals surface area contributed by atoms with E-state index in [2.05, 4.69) is 4.98 Å². The molecule has 0 aliphatic heterocycles. The van der Waals surface area contributed by atoms with Crippen LogP contribution in [0.2, 0.25) is 0 Å². The summed E-state index contributed by atoms with van der Waals surface area (Å²) in [5.41, 5.74) is 0.320. The van der Waals surface area contributed by atoms with Crippen molar-refractivity contribution in [2.24, 2.45) is 0 Å². The van der Waals surface area contributed by atoms with E-state index >= 15 is 0 Å². The number of aromatic nitrogens is 1. The van der Waals surface area contributed by atoms with E-state index in [0.29, 0.717) is 22.5 Å². The average Bonchev–Trinajstić information content (AvgIpc) is 3.11. The van der Waals surface area contributed by atoms with Crippen molar-refractivity contribution in [3.63, 3.8) is 0 Å². The Bertz CT molecular complexity index is 902. The molecule has 22 heavy (non-hydrogen) atoms. The molecule has 2 aromatic heterocycles. The van der Waals surface area contributed by atoms with E-state index in [1.807, 2.05) is 0 Å². The summed E-state index contributed by atoms with van der Waals surface area (Å²) in [4.78, 5) is 3.90. The van der Waals surface area contributed by atoms with Gasteiger partial charge in [0.15, 0.2) is 32.2 Å². The van der Waals surface area contributed by atoms with Gasteiger partial charge in [0, 0.05) is 5.38 Å². The lowest BCUT2D eigenvalue weighted by molar-refractivity contribution is 0.504. The standard InChI is InChI=1S/C14H9F2NO3S2/c15-11-4-3-10(6-12(11)16)22(18,19)8-9-7-21-14(17-9)13-2-1-5-20-13/h1-7H,8H2. The molecule has 0 saturated carbocycles. The predicted molar refractivity (Wildman–Crippen MR) is 77.1 cm³/mol. The summed E-state index contributed by atoms with van der Waals surface area (Å²) in [6.45, 7) is 0. The molecular weight excluding hydrogens is 332 g/mol. The van der Waals surface area contributed by atoms with Gasteiger partial charge in [-0.1, -0.05) is 0 Å². The lowest BCUT2D eigenvalue weighted by Crippen LogP contribution is -2.06. The van der Waals surface area contributed by atoms with Crippen molar-refractivity contribution in [1.29, 1.82) is 0 Å². The SMILES string of the molecule is O=S(=O)(Cc1csc(-c2ccco2)n1)c1ccc(F)c(F)c1. The fraction of sp³-hybridized carbons (Fsp3) is 0.0714. The smallest absolute Gasteiger partial charge is 0.184 e. The van der Waals surface area contributed by atoms with Crippen LogP contribution in [0.25, 0.3) is 10.8 Å². The molecule has 8 heteroatoms. The summed E-state index contributed by atoms with van der Waals surface area (Å²) in [6.07, 6.45) is 1.49. The van der Waals surface area contributed by atoms with Gasteiger partial charge < -0.3 is 4.42 Å². The van der Waals surface area contributed by atoms with E-state index < -0.39 is 27.2 Å². The van der Waals surface area contributed by atoms with Gasteiger partial charge in [0.1, 0.15) is 0 Å². The summed E-state index contributed by atoms with van der Waals surface area (Å²) in [7, 11) is -3.80. The Morgan fingerprint density at radius 1 is 1.18 bits per heavy atom. The molecule has 0 atom stereocenters. The van der Waals surface area contributed by atoms with E-state index in [9.17, 15) is 17.2 Å². The zero-order valence-electron chi connectivity index (χ0n) is 11.0. The molecular formula is C14H9F2NO3S2. The first-order valence-electron chi connectivity index (χ1n) is 6.12. The van der Waals surface area contributed by atoms with E-state index in [1.165, 1.54) is 17.6 Å². The molecule has 0 fully saturated rings. The highest BCUT2D eigenvalue weighted by Crippen LogP contribution is 2.26. The first-order chi connectivity index (χ1) is 10.5. The minimum absolute atomic E-state index is 0.279. The van der Waals surface area contributed by atoms with Crippen LogP contribution in [0.3, 0.4) is 0 Å². The van der Waals surface area contributed by atoms with Gasteiger partial charge in [-0.25, -0.2) is 22.2 Å². The maximum atomic E-state index is 13.2. The minimum atomic E-state index is -3.80. The van der Waals surface area contributed by atoms with E-state index in [1.54, 1.807) is 17.5 Å². The number of nitrogens with zero attached hydrogens (tertiary/aromatic N) is 1. The third-order valence-corrected chi connectivity index (χ3v) is 5.43. The number of rotatable bonds is 4. The molecule has 0 bridgehead atoms. The molecule has 0 N–H and O–H groups in total. The number of halogens is 2. The van der Waals surface area contributed by atoms with E-state index in [0.717, 1.165) is 12.1 Å². The van der Waals surface area contributed by atoms with Crippen LogP contribution in [-0.4, -0.2) is 13.4 Å². The summed E-state index contributed by atoms with van der Waals surface area (Å²) >= 11 is 1.25. The van der Waals surface area contributed by atoms with Crippen LogP contribution in [0, 0.1) is 11.6 Å². The quantitative estimate of drug-likeness (QED) is 0.680. The Balaban J connectivity index is 1.87. The number of benzene rings is 1. The van der Waals surface area contributed by atoms with Gasteiger partial charge >= 0.3 is 0 Å². The zero-order valence-corrected chi connectivity index (χ0v) is 12.6. The van der Waals surface area contributed by atoms with Crippen molar-refractivity contribution in [3.05, 3.63) is 59.3 Å². The normalized spacial score (nSPS) is 11.7. The third-order valence-electron chi connectivity index (χ3n) is 2.87. The number of furan rings is 1. The van der Waals surface area contributed by atoms with Crippen LogP contribution >= 0.6 is 11.3 Å². The van der Waals surface area contributed by atoms with Gasteiger partial charge in [0.05, 0.1) is 22.6 Å². The topological polar surface area (TPSA) is 60.2 Å². The molecule has 0 aliphatic carbocycles. The summed E-state index contributed by atoms with van der Waals surface area (Å²) in [5.74, 6) is -2.14. The number of thiazole rings is 1. The van der Waals surface area contributed by atoms with Crippen molar-refractivity contribution < 1.29 is 21.6 Å². The van der Waals surface area contributed by atoms with Crippen LogP contribution in [0.4, 0.5) is 8.78 Å². The highest BCUT2D eigenvalue weighted by Gasteiger charge is 2.19. The molecule has 3 rings (SSSR count). The fourth-order valence-electron chi connectivity index (χ4n) is 1.84. The largest absolute Gasteiger partial charge is 0.462 e. The summed E-state index contributed by atoms with van der Waals surface area (Å²) in [6, 6.07) is 5.91. The molecule has 0 amide bonds. The first-order valence-corrected chi connectivity index (χ1v) is 8.65. The molecule has 0 aliphatic rings. The molecule has 0 unspecified atom stereocenters. The maximum absolute atomic E-state index is 13.2. The molecule has 114 valence electrons. The van der Waals surface area contributed by atoms with Crippen molar-refractivity contribution >= 4 is 21.2 Å². The molecule has 0 spiro atoms. The average molecular weight is 341 g/mol. The highest BCUT2D eigenvalue weighted by atomic mass is 32.2. The Hall–Kier alpha value is -2.06. The lowest BCUT2D eigenvalue weighted by atomic mass is 10.3. The second kappa shape index (κ2) is 5.62. The molecule has 1 aromatic carbocycles. The van der Waals surface area contributed by atoms with Gasteiger partial charge in [-0.05, 0) is 30.3 Å². The predicted octanol–water partition coefficient (Wildman–Crippen LogP) is 3.66. The third kappa shape index (κ3) is 2.93. The Labute approximate surface area is 129 Å². The van der Waals surface area contributed by atoms with Crippen molar-refractivity contribution in [2.75, 3.05) is 0 Å². The number of hydrogen-bond donors (Lipinski definition) is 0. The van der Waals surface area contributed by atoms with Crippen LogP contribution < -0.4 is 0 Å². The summed E-state index contributed by atoms with van der Waals surface area (Å²) in [5, 5.41) is 2.15. The second-order valence-electron chi connectivity index (χ2n) is 4.46. The van der Waals surface area contributed by atoms with Gasteiger partial charge in [-0.3, -0.25) is 0 Å². The van der Waals surface area contributed by atoms with Crippen molar-refractivity contribution in [2.45, 2.75) is 10.6 Å². The lowest BCUT2D eigenvalue weighted by Gasteiger charge is -2.03. The van der Waals surface area contributed by atoms with Gasteiger partial charge in [0.25, 0.3) is 0 Å². The number of sulfone groups is 1. The Kier molecular flexibility index (Phi) is 3.79. The molecule has 2 heterocycles. The second-order valence-corrected chi connectivity index (χ2v) is 7.30. The van der Waals surface area contributed by atoms with Crippen LogP contribution in [0.1, 0.15) is 5.69 Å². The Morgan fingerprint density at radius 2 is 2.00 bits per heavy atom. The van der Waals surface area contributed by atoms with E-state index in [-0.39, 0.29) is 4.90 Å². The molecule has 4 nitrogen and oxygen atoms in total. The van der Waals surface area contributed by atoms with Crippen LogP contribution in [0.15, 0.2) is 51.3 Å². The minimum Gasteiger partial charge on any atom is -0.462 e. The van der Waals surface area contributed by atoms with Gasteiger partial charge in [-0.2, -0.15) is 0 Å². The molecule has 3 aromatic rings. The van der Waals surface area contributed by atoms with Crippen molar-refractivity contribution in [3.8, 4) is 10.8 Å². The van der Waals surface area contributed by atoms with Gasteiger partial charge in [-0.15, -0.1) is 11.3 Å². The number of hydrogen-bond acceptors (Lipinski definition) is 5. The molecule has 0 saturated heterocycles. The highest BCUT2D eigenvalue weighted by molar-refractivity contribution is 7.90. The fourth-order valence-corrected chi connectivity index (χ4v) is 3.99. The zero-order chi connectivity index (χ0) is 15.7. The first kappa shape index (κ1) is 14.9. The van der Waals surface area contributed by atoms with E-state index in [4.69, 9.17) is 4.42 Å². The van der Waals surface area contributed by atoms with Crippen LogP contribution in [-0.2, 0) is 15.6 Å². The van der Waals surface area contributed by atoms with Gasteiger partial charge in [0.2, 0.25) is 0 Å². The van der Waals surface area contributed by atoms with Crippen LogP contribution in [0.5, 0.6) is 0 Å². The summed E-state index contributed by atoms with van der Waals surface area (Å²) < 4.78 is 55.7. The Morgan fingerprint density at radius 3 is 2.68 bits per heavy atom. The maximum Gasteiger partial charge on any atom is 0.184 e. The monoisotopic (exact) mass is 341 g/mol.